The van der Waals surface area contributed by atoms with Crippen LogP contribution in [0.5, 0.6) is 0 Å². The molecule has 0 fully saturated rings. The van der Waals surface area contributed by atoms with Crippen molar-refractivity contribution in [2.45, 2.75) is 26.3 Å². The van der Waals surface area contributed by atoms with Crippen molar-refractivity contribution >= 4 is 21.8 Å². The van der Waals surface area contributed by atoms with Crippen molar-refractivity contribution in [3.63, 3.8) is 0 Å². The number of aromatic nitrogens is 2. The largest absolute Gasteiger partial charge is 0.347 e. The highest BCUT2D eigenvalue weighted by molar-refractivity contribution is 9.10. The van der Waals surface area contributed by atoms with Crippen molar-refractivity contribution in [1.29, 1.82) is 0 Å². The molecule has 0 aliphatic rings. The zero-order valence-electron chi connectivity index (χ0n) is 11.7. The Kier molecular flexibility index (Phi) is 4.95. The second-order valence-electron chi connectivity index (χ2n) is 4.91. The molecule has 1 N–H and O–H groups in total. The summed E-state index contributed by atoms with van der Waals surface area (Å²) < 4.78 is 1.10. The predicted octanol–water partition coefficient (Wildman–Crippen LogP) is 3.07. The van der Waals surface area contributed by atoms with Gasteiger partial charge >= 0.3 is 0 Å². The van der Waals surface area contributed by atoms with E-state index in [4.69, 9.17) is 0 Å². The maximum Gasteiger partial charge on any atom is 0.222 e. The number of rotatable bonds is 5. The van der Waals surface area contributed by atoms with Gasteiger partial charge < -0.3 is 9.88 Å². The Morgan fingerprint density at radius 2 is 2.25 bits per heavy atom. The smallest absolute Gasteiger partial charge is 0.222 e. The molecule has 0 spiro atoms. The van der Waals surface area contributed by atoms with Crippen LogP contribution in [0.3, 0.4) is 0 Å². The molecule has 0 aliphatic carbocycles. The number of halogens is 1. The number of amides is 1. The number of hydrogen-bond acceptors (Lipinski definition) is 2. The zero-order chi connectivity index (χ0) is 14.5. The van der Waals surface area contributed by atoms with E-state index in [0.29, 0.717) is 13.0 Å². The van der Waals surface area contributed by atoms with Crippen LogP contribution in [0.25, 0.3) is 0 Å². The summed E-state index contributed by atoms with van der Waals surface area (Å²) in [5.41, 5.74) is 3.33. The number of carbonyl (C=O) groups is 1. The Morgan fingerprint density at radius 3 is 2.90 bits per heavy atom. The molecule has 0 saturated heterocycles. The molecule has 1 heterocycles. The molecule has 1 aromatic heterocycles. The van der Waals surface area contributed by atoms with Crippen molar-refractivity contribution in [3.8, 4) is 0 Å². The summed E-state index contributed by atoms with van der Waals surface area (Å²) in [5, 5.41) is 0. The number of hydrogen-bond donors (Lipinski definition) is 1. The van der Waals surface area contributed by atoms with Gasteiger partial charge in [0.1, 0.15) is 0 Å². The van der Waals surface area contributed by atoms with Crippen molar-refractivity contribution in [2.75, 3.05) is 7.05 Å². The second-order valence-corrected chi connectivity index (χ2v) is 5.76. The van der Waals surface area contributed by atoms with Crippen molar-refractivity contribution in [2.24, 2.45) is 0 Å². The van der Waals surface area contributed by atoms with Gasteiger partial charge in [-0.05, 0) is 30.5 Å². The highest BCUT2D eigenvalue weighted by Crippen LogP contribution is 2.18. The predicted molar refractivity (Wildman–Crippen MR) is 82.3 cm³/mol. The van der Waals surface area contributed by atoms with E-state index in [1.807, 2.05) is 13.1 Å². The SMILES string of the molecule is Cc1cc(CCC(=O)N(C)Cc2cnc[nH]2)ccc1Br. The van der Waals surface area contributed by atoms with Crippen LogP contribution in [0.4, 0.5) is 0 Å². The van der Waals surface area contributed by atoms with Crippen LogP contribution < -0.4 is 0 Å². The lowest BCUT2D eigenvalue weighted by Crippen LogP contribution is -2.26. The topological polar surface area (TPSA) is 49.0 Å². The Balaban J connectivity index is 1.86. The van der Waals surface area contributed by atoms with Crippen molar-refractivity contribution in [3.05, 3.63) is 52.0 Å². The summed E-state index contributed by atoms with van der Waals surface area (Å²) in [4.78, 5) is 20.7. The number of benzene rings is 1. The van der Waals surface area contributed by atoms with Gasteiger partial charge in [0.15, 0.2) is 0 Å². The first-order valence-electron chi connectivity index (χ1n) is 6.52. The fraction of sp³-hybridized carbons (Fsp3) is 0.333. The summed E-state index contributed by atoms with van der Waals surface area (Å²) in [6.07, 6.45) is 4.64. The van der Waals surface area contributed by atoms with Gasteiger partial charge in [0.05, 0.1) is 18.6 Å². The summed E-state index contributed by atoms with van der Waals surface area (Å²) in [5.74, 6) is 0.139. The van der Waals surface area contributed by atoms with Crippen LogP contribution in [0, 0.1) is 6.92 Å². The molecular formula is C15H18BrN3O. The van der Waals surface area contributed by atoms with E-state index in [9.17, 15) is 4.79 Å². The van der Waals surface area contributed by atoms with Crippen LogP contribution in [0.1, 0.15) is 23.2 Å². The average Bonchev–Trinajstić information content (AvgIpc) is 2.92. The van der Waals surface area contributed by atoms with Crippen LogP contribution in [-0.4, -0.2) is 27.8 Å². The third-order valence-electron chi connectivity index (χ3n) is 3.24. The molecule has 4 nitrogen and oxygen atoms in total. The number of aromatic amines is 1. The monoisotopic (exact) mass is 335 g/mol. The molecule has 1 amide bonds. The Labute approximate surface area is 127 Å². The zero-order valence-corrected chi connectivity index (χ0v) is 13.3. The van der Waals surface area contributed by atoms with Gasteiger partial charge in [0, 0.05) is 24.1 Å². The van der Waals surface area contributed by atoms with Gasteiger partial charge in [0.25, 0.3) is 0 Å². The van der Waals surface area contributed by atoms with E-state index in [0.717, 1.165) is 16.6 Å². The Bertz CT molecular complexity index is 581. The normalized spacial score (nSPS) is 10.6. The summed E-state index contributed by atoms with van der Waals surface area (Å²) in [6, 6.07) is 6.20. The standard InChI is InChI=1S/C15H18BrN3O/c1-11-7-12(3-5-14(11)16)4-6-15(20)19(2)9-13-8-17-10-18-13/h3,5,7-8,10H,4,6,9H2,1-2H3,(H,17,18). The van der Waals surface area contributed by atoms with Crippen LogP contribution in [0.15, 0.2) is 35.2 Å². The third kappa shape index (κ3) is 3.93. The lowest BCUT2D eigenvalue weighted by atomic mass is 10.1. The number of aryl methyl sites for hydroxylation is 2. The third-order valence-corrected chi connectivity index (χ3v) is 4.13. The molecule has 5 heteroatoms. The Hall–Kier alpha value is -1.62. The van der Waals surface area contributed by atoms with Gasteiger partial charge in [-0.2, -0.15) is 0 Å². The maximum atomic E-state index is 12.1. The number of carbonyl (C=O) groups excluding carboxylic acids is 1. The molecule has 2 aromatic rings. The first-order chi connectivity index (χ1) is 9.56. The lowest BCUT2D eigenvalue weighted by molar-refractivity contribution is -0.130. The minimum absolute atomic E-state index is 0.139. The van der Waals surface area contributed by atoms with Gasteiger partial charge in [-0.1, -0.05) is 28.1 Å². The molecule has 20 heavy (non-hydrogen) atoms. The molecule has 0 bridgehead atoms. The number of nitrogens with one attached hydrogen (secondary N) is 1. The minimum Gasteiger partial charge on any atom is -0.347 e. The number of nitrogens with zero attached hydrogens (tertiary/aromatic N) is 2. The minimum atomic E-state index is 0.139. The summed E-state index contributed by atoms with van der Waals surface area (Å²) in [6.45, 7) is 2.62. The van der Waals surface area contributed by atoms with E-state index in [1.54, 1.807) is 17.4 Å². The first-order valence-corrected chi connectivity index (χ1v) is 7.32. The van der Waals surface area contributed by atoms with Crippen molar-refractivity contribution in [1.82, 2.24) is 14.9 Å². The van der Waals surface area contributed by atoms with Crippen LogP contribution in [-0.2, 0) is 17.8 Å². The first kappa shape index (κ1) is 14.8. The molecule has 0 aliphatic heterocycles. The molecule has 1 aromatic carbocycles. The van der Waals surface area contributed by atoms with E-state index >= 15 is 0 Å². The van der Waals surface area contributed by atoms with Gasteiger partial charge in [-0.3, -0.25) is 4.79 Å². The molecule has 2 rings (SSSR count). The second kappa shape index (κ2) is 6.70. The molecule has 0 saturated carbocycles. The molecule has 0 unspecified atom stereocenters. The highest BCUT2D eigenvalue weighted by Gasteiger charge is 2.10. The quantitative estimate of drug-likeness (QED) is 0.912. The molecule has 0 radical (unpaired) electrons. The fourth-order valence-electron chi connectivity index (χ4n) is 2.02. The number of H-pyrrole nitrogens is 1. The van der Waals surface area contributed by atoms with E-state index in [-0.39, 0.29) is 5.91 Å². The van der Waals surface area contributed by atoms with Crippen molar-refractivity contribution < 1.29 is 4.79 Å². The molecule has 0 atom stereocenters. The summed E-state index contributed by atoms with van der Waals surface area (Å²) >= 11 is 3.48. The van der Waals surface area contributed by atoms with Gasteiger partial charge in [-0.25, -0.2) is 4.98 Å². The average molecular weight is 336 g/mol. The molecular weight excluding hydrogens is 318 g/mol. The summed E-state index contributed by atoms with van der Waals surface area (Å²) in [7, 11) is 1.82. The number of imidazole rings is 1. The van der Waals surface area contributed by atoms with Gasteiger partial charge in [0.2, 0.25) is 5.91 Å². The molecule has 106 valence electrons. The lowest BCUT2D eigenvalue weighted by Gasteiger charge is -2.16. The maximum absolute atomic E-state index is 12.1. The van der Waals surface area contributed by atoms with E-state index < -0.39 is 0 Å². The fourth-order valence-corrected chi connectivity index (χ4v) is 2.27. The van der Waals surface area contributed by atoms with Crippen LogP contribution >= 0.6 is 15.9 Å². The van der Waals surface area contributed by atoms with Gasteiger partial charge in [-0.15, -0.1) is 0 Å². The van der Waals surface area contributed by atoms with E-state index in [2.05, 4.69) is 45.0 Å². The van der Waals surface area contributed by atoms with Crippen LogP contribution in [0.2, 0.25) is 0 Å². The highest BCUT2D eigenvalue weighted by atomic mass is 79.9. The Morgan fingerprint density at radius 1 is 1.45 bits per heavy atom. The van der Waals surface area contributed by atoms with E-state index in [1.165, 1.54) is 11.1 Å².